The van der Waals surface area contributed by atoms with Crippen LogP contribution in [0.15, 0.2) is 0 Å². The van der Waals surface area contributed by atoms with Gasteiger partial charge in [0.15, 0.2) is 0 Å². The Hall–Kier alpha value is -0.570. The van der Waals surface area contributed by atoms with Crippen molar-refractivity contribution >= 4 is 5.91 Å². The molecule has 1 rings (SSSR count). The van der Waals surface area contributed by atoms with Crippen LogP contribution in [-0.4, -0.2) is 18.0 Å². The molecule has 0 radical (unpaired) electrons. The topological polar surface area (TPSA) is 55.1 Å². The molecule has 18 heavy (non-hydrogen) atoms. The van der Waals surface area contributed by atoms with Crippen LogP contribution in [0.1, 0.15) is 65.7 Å². The minimum atomic E-state index is 0.0340. The first-order valence-electron chi connectivity index (χ1n) is 7.46. The molecule has 3 nitrogen and oxygen atoms in total. The third-order valence-electron chi connectivity index (χ3n) is 4.01. The Balaban J connectivity index is 2.39. The molecule has 1 amide bonds. The molecule has 3 N–H and O–H groups in total. The Morgan fingerprint density at radius 2 is 1.89 bits per heavy atom. The molecule has 0 aromatic carbocycles. The molecule has 0 bridgehead atoms. The largest absolute Gasteiger partial charge is 0.351 e. The van der Waals surface area contributed by atoms with Crippen LogP contribution in [0.3, 0.4) is 0 Å². The number of nitrogens with two attached hydrogens (primary N) is 1. The highest BCUT2D eigenvalue weighted by molar-refractivity contribution is 5.77. The van der Waals surface area contributed by atoms with Crippen molar-refractivity contribution < 1.29 is 4.79 Å². The summed E-state index contributed by atoms with van der Waals surface area (Å²) in [5.41, 5.74) is 5.79. The first-order chi connectivity index (χ1) is 8.45. The van der Waals surface area contributed by atoms with Gasteiger partial charge in [0.05, 0.1) is 0 Å². The summed E-state index contributed by atoms with van der Waals surface area (Å²) in [5, 5.41) is 3.24. The van der Waals surface area contributed by atoms with Crippen molar-refractivity contribution in [3.05, 3.63) is 0 Å². The lowest BCUT2D eigenvalue weighted by Gasteiger charge is -2.35. The minimum absolute atomic E-state index is 0.0340. The zero-order valence-corrected chi connectivity index (χ0v) is 12.3. The van der Waals surface area contributed by atoms with E-state index in [-0.39, 0.29) is 11.4 Å². The average molecular weight is 254 g/mol. The summed E-state index contributed by atoms with van der Waals surface area (Å²) in [6, 6.07) is 0. The molecule has 1 fully saturated rings. The van der Waals surface area contributed by atoms with Crippen molar-refractivity contribution in [1.29, 1.82) is 0 Å². The maximum atomic E-state index is 12.1. The fraction of sp³-hybridized carbons (Fsp3) is 0.933. The van der Waals surface area contributed by atoms with Crippen molar-refractivity contribution in [3.8, 4) is 0 Å². The molecule has 0 aromatic heterocycles. The van der Waals surface area contributed by atoms with Crippen LogP contribution in [0.2, 0.25) is 0 Å². The molecule has 0 spiro atoms. The number of rotatable bonds is 6. The molecule has 3 heteroatoms. The molecular formula is C15H30N2O. The number of amides is 1. The molecule has 0 heterocycles. The Labute approximate surface area is 112 Å². The number of carbonyl (C=O) groups is 1. The lowest BCUT2D eigenvalue weighted by molar-refractivity contribution is -0.124. The van der Waals surface area contributed by atoms with Gasteiger partial charge in [-0.15, -0.1) is 0 Å². The van der Waals surface area contributed by atoms with E-state index in [1.807, 2.05) is 0 Å². The van der Waals surface area contributed by atoms with Crippen molar-refractivity contribution in [3.63, 3.8) is 0 Å². The standard InChI is InChI=1S/C15H30N2O/c1-12(2)9-13(11-16)10-14(18)17-15(3)7-5-4-6-8-15/h12-13H,4-11,16H2,1-3H3,(H,17,18). The van der Waals surface area contributed by atoms with Gasteiger partial charge in [-0.3, -0.25) is 4.79 Å². The second kappa shape index (κ2) is 7.13. The highest BCUT2D eigenvalue weighted by Crippen LogP contribution is 2.28. The van der Waals surface area contributed by atoms with Crippen LogP contribution < -0.4 is 11.1 Å². The fourth-order valence-electron chi connectivity index (χ4n) is 3.04. The highest BCUT2D eigenvalue weighted by atomic mass is 16.1. The Bertz CT molecular complexity index is 257. The summed E-state index contributed by atoms with van der Waals surface area (Å²) in [6.07, 6.45) is 7.66. The van der Waals surface area contributed by atoms with Crippen LogP contribution in [0.4, 0.5) is 0 Å². The average Bonchev–Trinajstić information content (AvgIpc) is 2.27. The van der Waals surface area contributed by atoms with Crippen LogP contribution in [0.25, 0.3) is 0 Å². The molecule has 1 atom stereocenters. The Kier molecular flexibility index (Phi) is 6.13. The van der Waals surface area contributed by atoms with E-state index < -0.39 is 0 Å². The van der Waals surface area contributed by atoms with Crippen LogP contribution in [0, 0.1) is 11.8 Å². The summed E-state index contributed by atoms with van der Waals surface area (Å²) >= 11 is 0. The first kappa shape index (κ1) is 15.5. The van der Waals surface area contributed by atoms with Crippen molar-refractivity contribution in [2.24, 2.45) is 17.6 Å². The van der Waals surface area contributed by atoms with E-state index >= 15 is 0 Å². The summed E-state index contributed by atoms with van der Waals surface area (Å²) < 4.78 is 0. The number of hydrogen-bond acceptors (Lipinski definition) is 2. The predicted molar refractivity (Wildman–Crippen MR) is 76.2 cm³/mol. The summed E-state index contributed by atoms with van der Waals surface area (Å²) in [5.74, 6) is 1.13. The Morgan fingerprint density at radius 3 is 2.39 bits per heavy atom. The highest BCUT2D eigenvalue weighted by Gasteiger charge is 2.28. The van der Waals surface area contributed by atoms with Gasteiger partial charge in [-0.2, -0.15) is 0 Å². The van der Waals surface area contributed by atoms with Crippen molar-refractivity contribution in [1.82, 2.24) is 5.32 Å². The van der Waals surface area contributed by atoms with E-state index in [1.165, 1.54) is 19.3 Å². The second-order valence-electron chi connectivity index (χ2n) is 6.60. The lowest BCUT2D eigenvalue weighted by Crippen LogP contribution is -2.47. The lowest BCUT2D eigenvalue weighted by atomic mass is 9.83. The molecule has 1 unspecified atom stereocenters. The van der Waals surface area contributed by atoms with Gasteiger partial charge in [0.2, 0.25) is 5.91 Å². The predicted octanol–water partition coefficient (Wildman–Crippen LogP) is 2.84. The van der Waals surface area contributed by atoms with Gasteiger partial charge in [0, 0.05) is 12.0 Å². The van der Waals surface area contributed by atoms with Crippen LogP contribution in [0.5, 0.6) is 0 Å². The zero-order valence-electron chi connectivity index (χ0n) is 12.3. The summed E-state index contributed by atoms with van der Waals surface area (Å²) in [7, 11) is 0. The van der Waals surface area contributed by atoms with Gasteiger partial charge in [0.1, 0.15) is 0 Å². The smallest absolute Gasteiger partial charge is 0.220 e. The molecular weight excluding hydrogens is 224 g/mol. The van der Waals surface area contributed by atoms with E-state index in [0.717, 1.165) is 19.3 Å². The van der Waals surface area contributed by atoms with Crippen LogP contribution in [-0.2, 0) is 4.79 Å². The Morgan fingerprint density at radius 1 is 1.28 bits per heavy atom. The third kappa shape index (κ3) is 5.38. The molecule has 0 saturated heterocycles. The van der Waals surface area contributed by atoms with Gasteiger partial charge >= 0.3 is 0 Å². The SMILES string of the molecule is CC(C)CC(CN)CC(=O)NC1(C)CCCCC1. The van der Waals surface area contributed by atoms with Gasteiger partial charge in [-0.25, -0.2) is 0 Å². The monoisotopic (exact) mass is 254 g/mol. The van der Waals surface area contributed by atoms with Crippen LogP contribution >= 0.6 is 0 Å². The van der Waals surface area contributed by atoms with Gasteiger partial charge < -0.3 is 11.1 Å². The van der Waals surface area contributed by atoms with Gasteiger partial charge in [0.25, 0.3) is 0 Å². The van der Waals surface area contributed by atoms with E-state index in [0.29, 0.717) is 24.8 Å². The van der Waals surface area contributed by atoms with E-state index in [1.54, 1.807) is 0 Å². The second-order valence-corrected chi connectivity index (χ2v) is 6.60. The maximum Gasteiger partial charge on any atom is 0.220 e. The van der Waals surface area contributed by atoms with E-state index in [2.05, 4.69) is 26.1 Å². The van der Waals surface area contributed by atoms with Gasteiger partial charge in [-0.05, 0) is 44.6 Å². The van der Waals surface area contributed by atoms with E-state index in [4.69, 9.17) is 5.73 Å². The molecule has 1 saturated carbocycles. The summed E-state index contributed by atoms with van der Waals surface area (Å²) in [4.78, 5) is 12.1. The van der Waals surface area contributed by atoms with Crippen molar-refractivity contribution in [2.45, 2.75) is 71.3 Å². The number of hydrogen-bond donors (Lipinski definition) is 2. The van der Waals surface area contributed by atoms with E-state index in [9.17, 15) is 4.79 Å². The van der Waals surface area contributed by atoms with Gasteiger partial charge in [-0.1, -0.05) is 33.1 Å². The minimum Gasteiger partial charge on any atom is -0.351 e. The normalized spacial score (nSPS) is 20.7. The number of nitrogens with one attached hydrogen (secondary N) is 1. The maximum absolute atomic E-state index is 12.1. The van der Waals surface area contributed by atoms with Crippen molar-refractivity contribution in [2.75, 3.05) is 6.54 Å². The zero-order chi connectivity index (χ0) is 13.6. The molecule has 1 aliphatic rings. The number of carbonyl (C=O) groups excluding carboxylic acids is 1. The molecule has 0 aromatic rings. The molecule has 0 aliphatic heterocycles. The quantitative estimate of drug-likeness (QED) is 0.766. The third-order valence-corrected chi connectivity index (χ3v) is 4.01. The molecule has 1 aliphatic carbocycles. The summed E-state index contributed by atoms with van der Waals surface area (Å²) in [6.45, 7) is 7.16. The first-order valence-corrected chi connectivity index (χ1v) is 7.46. The molecule has 106 valence electrons. The fourth-order valence-corrected chi connectivity index (χ4v) is 3.04.